The van der Waals surface area contributed by atoms with Crippen molar-refractivity contribution in [1.82, 2.24) is 9.62 Å². The summed E-state index contributed by atoms with van der Waals surface area (Å²) in [5.41, 5.74) is 0. The van der Waals surface area contributed by atoms with Gasteiger partial charge < -0.3 is 9.64 Å². The summed E-state index contributed by atoms with van der Waals surface area (Å²) < 4.78 is 30.3. The van der Waals surface area contributed by atoms with Gasteiger partial charge in [0.2, 0.25) is 15.9 Å². The molecule has 0 bridgehead atoms. The second-order valence-corrected chi connectivity index (χ2v) is 5.73. The number of sulfonamides is 1. The van der Waals surface area contributed by atoms with E-state index in [2.05, 4.69) is 9.46 Å². The number of nitrogens with zero attached hydrogens (tertiary/aromatic N) is 1. The number of carbonyl (C=O) groups excluding carboxylic acids is 2. The Morgan fingerprint density at radius 2 is 1.85 bits per heavy atom. The Morgan fingerprint density at radius 3 is 2.40 bits per heavy atom. The van der Waals surface area contributed by atoms with Crippen molar-refractivity contribution in [2.24, 2.45) is 0 Å². The Bertz CT molecular complexity index is 571. The van der Waals surface area contributed by atoms with Crippen molar-refractivity contribution in [3.63, 3.8) is 0 Å². The SMILES string of the molecule is COC(=O)CN(C)C(=O)CNS(=O)(=O)c1ccccc1. The molecule has 0 radical (unpaired) electrons. The van der Waals surface area contributed by atoms with Gasteiger partial charge in [-0.3, -0.25) is 9.59 Å². The van der Waals surface area contributed by atoms with Crippen molar-refractivity contribution in [2.45, 2.75) is 4.90 Å². The van der Waals surface area contributed by atoms with Gasteiger partial charge in [0.05, 0.1) is 18.6 Å². The third-order valence-electron chi connectivity index (χ3n) is 2.49. The smallest absolute Gasteiger partial charge is 0.325 e. The zero-order valence-electron chi connectivity index (χ0n) is 11.2. The molecule has 1 amide bonds. The van der Waals surface area contributed by atoms with Crippen LogP contribution in [0.3, 0.4) is 0 Å². The van der Waals surface area contributed by atoms with Crippen LogP contribution in [0.15, 0.2) is 35.2 Å². The quantitative estimate of drug-likeness (QED) is 0.721. The Morgan fingerprint density at radius 1 is 1.25 bits per heavy atom. The Hall–Kier alpha value is -1.93. The minimum Gasteiger partial charge on any atom is -0.468 e. The maximum Gasteiger partial charge on any atom is 0.325 e. The average Bonchev–Trinajstić information content (AvgIpc) is 2.45. The standard InChI is InChI=1S/C12H16N2O5S/c1-14(9-12(16)19-2)11(15)8-13-20(17,18)10-6-4-3-5-7-10/h3-7,13H,8-9H2,1-2H3. The molecular formula is C12H16N2O5S. The second-order valence-electron chi connectivity index (χ2n) is 3.96. The first-order chi connectivity index (χ1) is 9.36. The van der Waals surface area contributed by atoms with Gasteiger partial charge >= 0.3 is 5.97 Å². The lowest BCUT2D eigenvalue weighted by molar-refractivity contribution is -0.145. The third-order valence-corrected chi connectivity index (χ3v) is 3.90. The summed E-state index contributed by atoms with van der Waals surface area (Å²) in [5.74, 6) is -1.11. The molecule has 0 fully saturated rings. The summed E-state index contributed by atoms with van der Waals surface area (Å²) in [6, 6.07) is 7.70. The molecule has 0 saturated heterocycles. The summed E-state index contributed by atoms with van der Waals surface area (Å²) >= 11 is 0. The van der Waals surface area contributed by atoms with Gasteiger partial charge in [0.1, 0.15) is 6.54 Å². The van der Waals surface area contributed by atoms with Gasteiger partial charge in [-0.25, -0.2) is 13.1 Å². The molecule has 1 aromatic rings. The second kappa shape index (κ2) is 7.01. The number of esters is 1. The van der Waals surface area contributed by atoms with Crippen LogP contribution in [0.1, 0.15) is 0 Å². The molecule has 1 aromatic carbocycles. The van der Waals surface area contributed by atoms with Crippen LogP contribution >= 0.6 is 0 Å². The van der Waals surface area contributed by atoms with Gasteiger partial charge in [-0.15, -0.1) is 0 Å². The van der Waals surface area contributed by atoms with Crippen molar-refractivity contribution in [3.05, 3.63) is 30.3 Å². The highest BCUT2D eigenvalue weighted by Crippen LogP contribution is 2.06. The molecule has 0 atom stereocenters. The van der Waals surface area contributed by atoms with Crippen molar-refractivity contribution in [1.29, 1.82) is 0 Å². The van der Waals surface area contributed by atoms with E-state index in [4.69, 9.17) is 0 Å². The largest absolute Gasteiger partial charge is 0.468 e. The van der Waals surface area contributed by atoms with Gasteiger partial charge in [-0.05, 0) is 12.1 Å². The number of benzene rings is 1. The lowest BCUT2D eigenvalue weighted by Crippen LogP contribution is -2.40. The predicted molar refractivity (Wildman–Crippen MR) is 71.3 cm³/mol. The molecule has 0 aliphatic carbocycles. The molecule has 1 N–H and O–H groups in total. The first kappa shape index (κ1) is 16.1. The van der Waals surface area contributed by atoms with E-state index in [9.17, 15) is 18.0 Å². The monoisotopic (exact) mass is 300 g/mol. The van der Waals surface area contributed by atoms with Crippen LogP contribution in [0.4, 0.5) is 0 Å². The zero-order chi connectivity index (χ0) is 15.2. The number of hydrogen-bond donors (Lipinski definition) is 1. The number of methoxy groups -OCH3 is 1. The number of amides is 1. The highest BCUT2D eigenvalue weighted by molar-refractivity contribution is 7.89. The molecule has 0 unspecified atom stereocenters. The fraction of sp³-hybridized carbons (Fsp3) is 0.333. The van der Waals surface area contributed by atoms with E-state index < -0.39 is 28.4 Å². The van der Waals surface area contributed by atoms with Crippen LogP contribution in [-0.4, -0.2) is 52.4 Å². The van der Waals surface area contributed by atoms with Crippen molar-refractivity contribution >= 4 is 21.9 Å². The topological polar surface area (TPSA) is 92.8 Å². The zero-order valence-corrected chi connectivity index (χ0v) is 12.0. The fourth-order valence-corrected chi connectivity index (χ4v) is 2.32. The van der Waals surface area contributed by atoms with Gasteiger partial charge in [-0.2, -0.15) is 0 Å². The maximum absolute atomic E-state index is 11.9. The molecule has 0 heterocycles. The third kappa shape index (κ3) is 4.63. The van der Waals surface area contributed by atoms with Crippen LogP contribution in [-0.2, 0) is 24.3 Å². The number of hydrogen-bond acceptors (Lipinski definition) is 5. The Kier molecular flexibility index (Phi) is 5.66. The first-order valence-electron chi connectivity index (χ1n) is 5.72. The number of nitrogens with one attached hydrogen (secondary N) is 1. The van der Waals surface area contributed by atoms with Crippen molar-refractivity contribution in [2.75, 3.05) is 27.2 Å². The average molecular weight is 300 g/mol. The summed E-state index contributed by atoms with van der Waals surface area (Å²) in [4.78, 5) is 23.8. The Balaban J connectivity index is 2.59. The molecular weight excluding hydrogens is 284 g/mol. The molecule has 0 aliphatic heterocycles. The molecule has 7 nitrogen and oxygen atoms in total. The van der Waals surface area contributed by atoms with Crippen LogP contribution in [0, 0.1) is 0 Å². The molecule has 0 aliphatic rings. The molecule has 20 heavy (non-hydrogen) atoms. The van der Waals surface area contributed by atoms with Crippen LogP contribution in [0.25, 0.3) is 0 Å². The molecule has 8 heteroatoms. The van der Waals surface area contributed by atoms with Gasteiger partial charge in [-0.1, -0.05) is 18.2 Å². The van der Waals surface area contributed by atoms with E-state index >= 15 is 0 Å². The number of likely N-dealkylation sites (N-methyl/N-ethyl adjacent to an activating group) is 1. The normalized spacial score (nSPS) is 10.9. The van der Waals surface area contributed by atoms with E-state index in [0.29, 0.717) is 0 Å². The van der Waals surface area contributed by atoms with Crippen molar-refractivity contribution in [3.8, 4) is 0 Å². The number of ether oxygens (including phenoxy) is 1. The number of carbonyl (C=O) groups is 2. The predicted octanol–water partition coefficient (Wildman–Crippen LogP) is -0.404. The summed E-state index contributed by atoms with van der Waals surface area (Å²) in [5, 5.41) is 0. The molecule has 1 rings (SSSR count). The molecule has 0 saturated carbocycles. The maximum atomic E-state index is 11.9. The Labute approximate surface area is 117 Å². The first-order valence-corrected chi connectivity index (χ1v) is 7.20. The highest BCUT2D eigenvalue weighted by Gasteiger charge is 2.18. The van der Waals surface area contributed by atoms with Gasteiger partial charge in [0, 0.05) is 7.05 Å². The van der Waals surface area contributed by atoms with E-state index in [0.717, 1.165) is 4.90 Å². The fourth-order valence-electron chi connectivity index (χ4n) is 1.32. The van der Waals surface area contributed by atoms with Gasteiger partial charge in [0.25, 0.3) is 0 Å². The summed E-state index contributed by atoms with van der Waals surface area (Å²) in [6.45, 7) is -0.660. The van der Waals surface area contributed by atoms with E-state index in [1.54, 1.807) is 18.2 Å². The van der Waals surface area contributed by atoms with Crippen LogP contribution in [0.5, 0.6) is 0 Å². The minimum absolute atomic E-state index is 0.0726. The molecule has 110 valence electrons. The van der Waals surface area contributed by atoms with E-state index in [1.165, 1.54) is 26.3 Å². The minimum atomic E-state index is -3.74. The van der Waals surface area contributed by atoms with E-state index in [1.807, 2.05) is 0 Å². The summed E-state index contributed by atoms with van der Waals surface area (Å²) in [6.07, 6.45) is 0. The highest BCUT2D eigenvalue weighted by atomic mass is 32.2. The lowest BCUT2D eigenvalue weighted by atomic mass is 10.4. The van der Waals surface area contributed by atoms with Gasteiger partial charge in [0.15, 0.2) is 0 Å². The van der Waals surface area contributed by atoms with Crippen LogP contribution < -0.4 is 4.72 Å². The van der Waals surface area contributed by atoms with E-state index in [-0.39, 0.29) is 11.4 Å². The van der Waals surface area contributed by atoms with Crippen molar-refractivity contribution < 1.29 is 22.7 Å². The lowest BCUT2D eigenvalue weighted by Gasteiger charge is -2.15. The molecule has 0 aromatic heterocycles. The number of rotatable bonds is 6. The van der Waals surface area contributed by atoms with Crippen LogP contribution in [0.2, 0.25) is 0 Å². The summed E-state index contributed by atoms with van der Waals surface area (Å²) in [7, 11) is -1.14. The molecule has 0 spiro atoms.